The molecule has 0 amide bonds. The number of benzene rings is 1. The lowest BCUT2D eigenvalue weighted by Crippen LogP contribution is -2.07. The first kappa shape index (κ1) is 32.4. The van der Waals surface area contributed by atoms with Gasteiger partial charge in [-0.15, -0.1) is 0 Å². The molecule has 26 heavy (non-hydrogen) atoms. The number of fused-ring (bicyclic) bond motifs is 3. The minimum atomic E-state index is 0.631. The van der Waals surface area contributed by atoms with Crippen LogP contribution in [0.15, 0.2) is 48.6 Å². The minimum absolute atomic E-state index is 0.631. The Morgan fingerprint density at radius 1 is 0.538 bits per heavy atom. The summed E-state index contributed by atoms with van der Waals surface area (Å²) in [7, 11) is 0. The van der Waals surface area contributed by atoms with Crippen molar-refractivity contribution < 1.29 is 0 Å². The summed E-state index contributed by atoms with van der Waals surface area (Å²) in [6, 6.07) is 8.86. The molecule has 0 fully saturated rings. The van der Waals surface area contributed by atoms with E-state index in [1.807, 2.05) is 83.1 Å². The number of allylic oxidation sites excluding steroid dienone is 4. The highest BCUT2D eigenvalue weighted by atomic mass is 14.4. The van der Waals surface area contributed by atoms with Gasteiger partial charge in [0.25, 0.3) is 0 Å². The van der Waals surface area contributed by atoms with Crippen LogP contribution in [0.4, 0.5) is 0 Å². The van der Waals surface area contributed by atoms with Gasteiger partial charge in [-0.3, -0.25) is 0 Å². The average molecular weight is 363 g/mol. The smallest absolute Gasteiger partial charge is 0.00926 e. The monoisotopic (exact) mass is 362 g/mol. The average Bonchev–Trinajstić information content (AvgIpc) is 3.09. The first-order valence-corrected chi connectivity index (χ1v) is 11.3. The highest BCUT2D eigenvalue weighted by Gasteiger charge is 2.35. The van der Waals surface area contributed by atoms with Crippen molar-refractivity contribution in [1.29, 1.82) is 0 Å². The number of hydrogen-bond acceptors (Lipinski definition) is 0. The SMILES string of the molecule is CC.CC.CC.CC.CC.CC.CC1c2ccccc2C2C=CC=CC12. The van der Waals surface area contributed by atoms with Gasteiger partial charge in [0.1, 0.15) is 0 Å². The normalized spacial score (nSPS) is 19.0. The van der Waals surface area contributed by atoms with Gasteiger partial charge in [-0.05, 0) is 23.0 Å². The van der Waals surface area contributed by atoms with Crippen molar-refractivity contribution in [3.8, 4) is 0 Å². The van der Waals surface area contributed by atoms with Crippen molar-refractivity contribution in [2.75, 3.05) is 0 Å². The van der Waals surface area contributed by atoms with E-state index >= 15 is 0 Å². The molecule has 0 aromatic heterocycles. The van der Waals surface area contributed by atoms with Crippen LogP contribution in [0, 0.1) is 5.92 Å². The fourth-order valence-electron chi connectivity index (χ4n) is 2.85. The summed E-state index contributed by atoms with van der Waals surface area (Å²) in [6.45, 7) is 26.3. The Hall–Kier alpha value is -1.30. The van der Waals surface area contributed by atoms with Crippen LogP contribution >= 0.6 is 0 Å². The van der Waals surface area contributed by atoms with Gasteiger partial charge in [0.05, 0.1) is 0 Å². The molecule has 0 N–H and O–H groups in total. The summed E-state index contributed by atoms with van der Waals surface area (Å²) >= 11 is 0. The van der Waals surface area contributed by atoms with Gasteiger partial charge in [-0.1, -0.05) is 139 Å². The Morgan fingerprint density at radius 3 is 1.38 bits per heavy atom. The highest BCUT2D eigenvalue weighted by molar-refractivity contribution is 5.45. The van der Waals surface area contributed by atoms with Crippen molar-refractivity contribution in [3.05, 3.63) is 59.7 Å². The fourth-order valence-corrected chi connectivity index (χ4v) is 2.85. The van der Waals surface area contributed by atoms with E-state index in [0.29, 0.717) is 17.8 Å². The van der Waals surface area contributed by atoms with E-state index in [1.54, 1.807) is 5.56 Å². The Balaban J connectivity index is -0.000000174. The predicted octanol–water partition coefficient (Wildman–Crippen LogP) is 9.79. The van der Waals surface area contributed by atoms with Gasteiger partial charge < -0.3 is 0 Å². The van der Waals surface area contributed by atoms with Crippen LogP contribution in [0.2, 0.25) is 0 Å². The van der Waals surface area contributed by atoms with Crippen LogP contribution in [-0.4, -0.2) is 0 Å². The van der Waals surface area contributed by atoms with E-state index in [4.69, 9.17) is 0 Å². The van der Waals surface area contributed by atoms with E-state index in [1.165, 1.54) is 5.56 Å². The maximum Gasteiger partial charge on any atom is 0.00926 e. The molecule has 154 valence electrons. The lowest BCUT2D eigenvalue weighted by molar-refractivity contribution is 0.543. The molecule has 0 saturated heterocycles. The molecule has 0 heterocycles. The van der Waals surface area contributed by atoms with Crippen molar-refractivity contribution in [2.24, 2.45) is 5.92 Å². The van der Waals surface area contributed by atoms with Crippen LogP contribution in [0.3, 0.4) is 0 Å². The van der Waals surface area contributed by atoms with E-state index in [-0.39, 0.29) is 0 Å². The molecule has 0 nitrogen and oxygen atoms in total. The van der Waals surface area contributed by atoms with Crippen molar-refractivity contribution in [3.63, 3.8) is 0 Å². The first-order chi connectivity index (χ1) is 12.9. The van der Waals surface area contributed by atoms with Crippen LogP contribution in [0.5, 0.6) is 0 Å². The van der Waals surface area contributed by atoms with Crippen LogP contribution in [0.1, 0.15) is 113 Å². The number of rotatable bonds is 0. The highest BCUT2D eigenvalue weighted by Crippen LogP contribution is 2.48. The van der Waals surface area contributed by atoms with Gasteiger partial charge >= 0.3 is 0 Å². The number of hydrogen-bond donors (Lipinski definition) is 0. The van der Waals surface area contributed by atoms with E-state index in [2.05, 4.69) is 55.5 Å². The van der Waals surface area contributed by atoms with E-state index < -0.39 is 0 Å². The Kier molecular flexibility index (Phi) is 32.3. The molecule has 2 aliphatic carbocycles. The fraction of sp³-hybridized carbons (Fsp3) is 0.615. The summed E-state index contributed by atoms with van der Waals surface area (Å²) in [5.74, 6) is 2.00. The quantitative estimate of drug-likeness (QED) is 0.430. The molecule has 1 aromatic rings. The van der Waals surface area contributed by atoms with Gasteiger partial charge in [0.2, 0.25) is 0 Å². The van der Waals surface area contributed by atoms with Crippen LogP contribution in [-0.2, 0) is 0 Å². The third-order valence-electron chi connectivity index (χ3n) is 3.60. The minimum Gasteiger partial charge on any atom is -0.0799 e. The van der Waals surface area contributed by atoms with Crippen molar-refractivity contribution in [1.82, 2.24) is 0 Å². The Morgan fingerprint density at radius 2 is 0.923 bits per heavy atom. The lowest BCUT2D eigenvalue weighted by Gasteiger charge is -2.19. The maximum absolute atomic E-state index is 2.36. The molecule has 0 aliphatic heterocycles. The van der Waals surface area contributed by atoms with Gasteiger partial charge in [0, 0.05) is 5.92 Å². The summed E-state index contributed by atoms with van der Waals surface area (Å²) < 4.78 is 0. The molecule has 3 unspecified atom stereocenters. The van der Waals surface area contributed by atoms with E-state index in [0.717, 1.165) is 0 Å². The third kappa shape index (κ3) is 10.00. The first-order valence-electron chi connectivity index (χ1n) is 11.3. The van der Waals surface area contributed by atoms with Crippen molar-refractivity contribution in [2.45, 2.75) is 102 Å². The predicted molar refractivity (Wildman–Crippen MR) is 127 cm³/mol. The standard InChI is InChI=1S/C14H14.6C2H6/c1-10-11-6-2-4-8-13(11)14-9-5-3-7-12(10)14;6*1-2/h2-11,13H,1H3;6*1-2H3. The van der Waals surface area contributed by atoms with E-state index in [9.17, 15) is 0 Å². The summed E-state index contributed by atoms with van der Waals surface area (Å²) in [5, 5.41) is 0. The summed E-state index contributed by atoms with van der Waals surface area (Å²) in [6.07, 6.45) is 9.06. The molecule has 0 saturated carbocycles. The second-order valence-electron chi connectivity index (χ2n) is 4.29. The third-order valence-corrected chi connectivity index (χ3v) is 3.60. The molecule has 0 bridgehead atoms. The zero-order valence-electron chi connectivity index (χ0n) is 20.4. The maximum atomic E-state index is 2.36. The second-order valence-corrected chi connectivity index (χ2v) is 4.29. The van der Waals surface area contributed by atoms with Gasteiger partial charge in [-0.2, -0.15) is 0 Å². The molecule has 0 heteroatoms. The largest absolute Gasteiger partial charge is 0.0799 e. The second kappa shape index (κ2) is 25.9. The molecule has 0 spiro atoms. The molecule has 0 radical (unpaired) electrons. The van der Waals surface area contributed by atoms with Crippen LogP contribution < -0.4 is 0 Å². The van der Waals surface area contributed by atoms with Crippen LogP contribution in [0.25, 0.3) is 0 Å². The van der Waals surface area contributed by atoms with Crippen molar-refractivity contribution >= 4 is 0 Å². The molecular weight excluding hydrogens is 312 g/mol. The summed E-state index contributed by atoms with van der Waals surface area (Å²) in [4.78, 5) is 0. The molecule has 1 aromatic carbocycles. The molecule has 3 rings (SSSR count). The topological polar surface area (TPSA) is 0 Å². The lowest BCUT2D eigenvalue weighted by atomic mass is 9.85. The zero-order valence-corrected chi connectivity index (χ0v) is 20.4. The van der Waals surface area contributed by atoms with Gasteiger partial charge in [0.15, 0.2) is 0 Å². The molecule has 2 aliphatic rings. The zero-order chi connectivity index (χ0) is 21.5. The van der Waals surface area contributed by atoms with Gasteiger partial charge in [-0.25, -0.2) is 0 Å². The molecular formula is C26H50. The summed E-state index contributed by atoms with van der Waals surface area (Å²) in [5.41, 5.74) is 3.07. The Labute approximate surface area is 167 Å². The Bertz CT molecular complexity index is 412. The molecule has 3 atom stereocenters.